The van der Waals surface area contributed by atoms with Crippen molar-refractivity contribution in [1.82, 2.24) is 10.0 Å². The molecule has 0 fully saturated rings. The summed E-state index contributed by atoms with van der Waals surface area (Å²) in [6.07, 6.45) is 1.67. The van der Waals surface area contributed by atoms with Crippen LogP contribution in [0.4, 0.5) is 0 Å². The number of amides is 1. The van der Waals surface area contributed by atoms with Crippen LogP contribution in [-0.4, -0.2) is 38.9 Å². The van der Waals surface area contributed by atoms with Crippen LogP contribution in [0.1, 0.15) is 20.3 Å². The van der Waals surface area contributed by atoms with Crippen molar-refractivity contribution in [2.45, 2.75) is 25.5 Å². The van der Waals surface area contributed by atoms with Crippen LogP contribution in [0.5, 0.6) is 0 Å². The van der Waals surface area contributed by atoms with Crippen LogP contribution in [0.25, 0.3) is 0 Å². The molecule has 1 atom stereocenters. The lowest BCUT2D eigenvalue weighted by Gasteiger charge is -2.14. The van der Waals surface area contributed by atoms with Crippen LogP contribution in [-0.2, 0) is 14.8 Å². The molecule has 0 aliphatic carbocycles. The third kappa shape index (κ3) is 7.95. The Labute approximate surface area is 103 Å². The van der Waals surface area contributed by atoms with E-state index in [4.69, 9.17) is 0 Å². The van der Waals surface area contributed by atoms with Gasteiger partial charge in [-0.05, 0) is 12.3 Å². The molecule has 96 valence electrons. The monoisotopic (exact) mass is 268 g/mol. The highest BCUT2D eigenvalue weighted by atomic mass is 32.2. The molecule has 0 aliphatic rings. The molecule has 7 heteroatoms. The van der Waals surface area contributed by atoms with Crippen molar-refractivity contribution in [3.63, 3.8) is 0 Å². The minimum absolute atomic E-state index is 0.113. The third-order valence-corrected chi connectivity index (χ3v) is 3.48. The molecule has 0 spiro atoms. The lowest BCUT2D eigenvalue weighted by molar-refractivity contribution is -0.121. The third-order valence-electron chi connectivity index (χ3n) is 1.92. The van der Waals surface area contributed by atoms with Gasteiger partial charge in [0.2, 0.25) is 15.9 Å². The molecule has 1 amide bonds. The summed E-state index contributed by atoms with van der Waals surface area (Å²) in [5.41, 5.74) is 0. The first-order chi connectivity index (χ1) is 7.24. The minimum atomic E-state index is -3.13. The SMILES string of the molecule is CC(C)C(S)C(=O)NCCCNS(C)(=O)=O. The maximum atomic E-state index is 11.4. The van der Waals surface area contributed by atoms with Crippen LogP contribution in [0.3, 0.4) is 0 Å². The van der Waals surface area contributed by atoms with Gasteiger partial charge in [-0.2, -0.15) is 12.6 Å². The Kier molecular flexibility index (Phi) is 7.01. The Hall–Kier alpha value is -0.270. The number of carbonyl (C=O) groups is 1. The van der Waals surface area contributed by atoms with Gasteiger partial charge in [0, 0.05) is 13.1 Å². The zero-order chi connectivity index (χ0) is 12.8. The molecule has 0 aliphatic heterocycles. The lowest BCUT2D eigenvalue weighted by Crippen LogP contribution is -2.36. The fourth-order valence-corrected chi connectivity index (χ4v) is 1.57. The Morgan fingerprint density at radius 3 is 2.31 bits per heavy atom. The van der Waals surface area contributed by atoms with Crippen LogP contribution in [0.15, 0.2) is 0 Å². The number of nitrogens with one attached hydrogen (secondary N) is 2. The van der Waals surface area contributed by atoms with Crippen molar-refractivity contribution in [2.24, 2.45) is 5.92 Å². The zero-order valence-electron chi connectivity index (χ0n) is 9.86. The summed E-state index contributed by atoms with van der Waals surface area (Å²) < 4.78 is 23.8. The van der Waals surface area contributed by atoms with E-state index in [2.05, 4.69) is 22.7 Å². The van der Waals surface area contributed by atoms with Crippen molar-refractivity contribution in [2.75, 3.05) is 19.3 Å². The van der Waals surface area contributed by atoms with E-state index in [1.807, 2.05) is 13.8 Å². The van der Waals surface area contributed by atoms with Gasteiger partial charge in [-0.1, -0.05) is 13.8 Å². The van der Waals surface area contributed by atoms with E-state index in [9.17, 15) is 13.2 Å². The smallest absolute Gasteiger partial charge is 0.233 e. The summed E-state index contributed by atoms with van der Waals surface area (Å²) in [5.74, 6) is 0.0650. The molecule has 2 N–H and O–H groups in total. The fraction of sp³-hybridized carbons (Fsp3) is 0.889. The Bertz CT molecular complexity index is 315. The minimum Gasteiger partial charge on any atom is -0.355 e. The number of hydrogen-bond acceptors (Lipinski definition) is 4. The van der Waals surface area contributed by atoms with E-state index >= 15 is 0 Å². The van der Waals surface area contributed by atoms with Crippen LogP contribution < -0.4 is 10.0 Å². The first-order valence-corrected chi connectivity index (χ1v) is 7.55. The predicted molar refractivity (Wildman–Crippen MR) is 68.1 cm³/mol. The summed E-state index contributed by atoms with van der Waals surface area (Å²) >= 11 is 4.17. The van der Waals surface area contributed by atoms with E-state index in [-0.39, 0.29) is 17.1 Å². The highest BCUT2D eigenvalue weighted by Crippen LogP contribution is 2.08. The Balaban J connectivity index is 3.64. The van der Waals surface area contributed by atoms with E-state index in [0.717, 1.165) is 6.26 Å². The van der Waals surface area contributed by atoms with E-state index in [1.54, 1.807) is 0 Å². The first-order valence-electron chi connectivity index (χ1n) is 5.14. The molecule has 0 aromatic rings. The molecule has 0 aromatic heterocycles. The average Bonchev–Trinajstić information content (AvgIpc) is 2.13. The largest absolute Gasteiger partial charge is 0.355 e. The average molecular weight is 268 g/mol. The van der Waals surface area contributed by atoms with Crippen molar-refractivity contribution >= 4 is 28.6 Å². The first kappa shape index (κ1) is 15.7. The van der Waals surface area contributed by atoms with Gasteiger partial charge in [-0.3, -0.25) is 4.79 Å². The van der Waals surface area contributed by atoms with Gasteiger partial charge < -0.3 is 5.32 Å². The molecule has 5 nitrogen and oxygen atoms in total. The molecule has 16 heavy (non-hydrogen) atoms. The molecule has 0 aromatic carbocycles. The molecule has 0 saturated heterocycles. The van der Waals surface area contributed by atoms with Crippen molar-refractivity contribution in [3.8, 4) is 0 Å². The second kappa shape index (κ2) is 7.13. The summed E-state index contributed by atoms with van der Waals surface area (Å²) in [5, 5.41) is 2.38. The van der Waals surface area contributed by atoms with E-state index in [1.165, 1.54) is 0 Å². The summed E-state index contributed by atoms with van der Waals surface area (Å²) in [6.45, 7) is 4.62. The zero-order valence-corrected chi connectivity index (χ0v) is 11.6. The number of carbonyl (C=O) groups excluding carboxylic acids is 1. The molecule has 0 bridgehead atoms. The van der Waals surface area contributed by atoms with Crippen molar-refractivity contribution in [3.05, 3.63) is 0 Å². The maximum absolute atomic E-state index is 11.4. The number of rotatable bonds is 7. The number of sulfonamides is 1. The van der Waals surface area contributed by atoms with Crippen LogP contribution in [0.2, 0.25) is 0 Å². The Morgan fingerprint density at radius 2 is 1.88 bits per heavy atom. The standard InChI is InChI=1S/C9H20N2O3S2/c1-7(2)8(15)9(12)10-5-4-6-11-16(3,13)14/h7-8,11,15H,4-6H2,1-3H3,(H,10,12). The molecule has 0 heterocycles. The van der Waals surface area contributed by atoms with Gasteiger partial charge in [0.25, 0.3) is 0 Å². The summed E-state index contributed by atoms with van der Waals surface area (Å²) in [4.78, 5) is 11.4. The summed E-state index contributed by atoms with van der Waals surface area (Å²) in [6, 6.07) is 0. The molecule has 0 saturated carbocycles. The molecule has 1 unspecified atom stereocenters. The normalized spacial score (nSPS) is 13.8. The van der Waals surface area contributed by atoms with Gasteiger partial charge in [-0.25, -0.2) is 13.1 Å². The van der Waals surface area contributed by atoms with Gasteiger partial charge in [0.05, 0.1) is 11.5 Å². The fourth-order valence-electron chi connectivity index (χ4n) is 0.965. The van der Waals surface area contributed by atoms with Crippen LogP contribution in [0, 0.1) is 5.92 Å². The second-order valence-electron chi connectivity index (χ2n) is 4.00. The quantitative estimate of drug-likeness (QED) is 0.449. The topological polar surface area (TPSA) is 75.3 Å². The highest BCUT2D eigenvalue weighted by molar-refractivity contribution is 7.88. The van der Waals surface area contributed by atoms with Gasteiger partial charge in [0.1, 0.15) is 0 Å². The molecular weight excluding hydrogens is 248 g/mol. The second-order valence-corrected chi connectivity index (χ2v) is 6.39. The van der Waals surface area contributed by atoms with Gasteiger partial charge in [-0.15, -0.1) is 0 Å². The highest BCUT2D eigenvalue weighted by Gasteiger charge is 2.16. The van der Waals surface area contributed by atoms with Crippen molar-refractivity contribution in [1.29, 1.82) is 0 Å². The summed E-state index contributed by atoms with van der Waals surface area (Å²) in [7, 11) is -3.13. The van der Waals surface area contributed by atoms with E-state index in [0.29, 0.717) is 19.5 Å². The maximum Gasteiger partial charge on any atom is 0.233 e. The number of thiol groups is 1. The Morgan fingerprint density at radius 1 is 1.31 bits per heavy atom. The molecular formula is C9H20N2O3S2. The van der Waals surface area contributed by atoms with Crippen molar-refractivity contribution < 1.29 is 13.2 Å². The molecule has 0 radical (unpaired) electrons. The van der Waals surface area contributed by atoms with Gasteiger partial charge in [0.15, 0.2) is 0 Å². The predicted octanol–water partition coefficient (Wildman–Crippen LogP) is -0.00370. The van der Waals surface area contributed by atoms with Gasteiger partial charge >= 0.3 is 0 Å². The molecule has 0 rings (SSSR count). The van der Waals surface area contributed by atoms with Crippen LogP contribution >= 0.6 is 12.6 Å². The number of hydrogen-bond donors (Lipinski definition) is 3. The lowest BCUT2D eigenvalue weighted by atomic mass is 10.1. The van der Waals surface area contributed by atoms with E-state index < -0.39 is 10.0 Å².